The minimum atomic E-state index is -0.103. The molecule has 2 N–H and O–H groups in total. The molecule has 1 unspecified atom stereocenters. The lowest BCUT2D eigenvalue weighted by Crippen LogP contribution is -2.44. The zero-order valence-corrected chi connectivity index (χ0v) is 20.2. The molecule has 0 spiro atoms. The number of fused-ring (bicyclic) bond motifs is 1. The van der Waals surface area contributed by atoms with Gasteiger partial charge in [0.05, 0.1) is 11.9 Å². The Morgan fingerprint density at radius 3 is 2.69 bits per heavy atom. The second kappa shape index (κ2) is 10.1. The number of benzene rings is 1. The van der Waals surface area contributed by atoms with Crippen LogP contribution in [-0.4, -0.2) is 59.0 Å². The molecule has 3 aromatic rings. The molecular weight excluding hydrogens is 438 g/mol. The fourth-order valence-corrected chi connectivity index (χ4v) is 4.50. The Morgan fingerprint density at radius 2 is 1.91 bits per heavy atom. The summed E-state index contributed by atoms with van der Waals surface area (Å²) < 4.78 is 0. The molecule has 1 aromatic carbocycles. The van der Waals surface area contributed by atoms with Crippen molar-refractivity contribution in [1.82, 2.24) is 19.9 Å². The fraction of sp³-hybridized carbons (Fsp3) is 0.296. The largest absolute Gasteiger partial charge is 0.354 e. The van der Waals surface area contributed by atoms with Gasteiger partial charge >= 0.3 is 0 Å². The van der Waals surface area contributed by atoms with E-state index in [1.54, 1.807) is 0 Å². The average molecular weight is 470 g/mol. The van der Waals surface area contributed by atoms with Gasteiger partial charge in [0.1, 0.15) is 11.9 Å². The average Bonchev–Trinajstić information content (AvgIpc) is 2.89. The SMILES string of the molecule is CCC(=O)Nc1cccc(C2c3ccncc3C=CN2Nc2ccc(N3CCN(C)CC3)nc2)c1. The summed E-state index contributed by atoms with van der Waals surface area (Å²) in [5.41, 5.74) is 8.49. The van der Waals surface area contributed by atoms with E-state index in [2.05, 4.69) is 61.9 Å². The van der Waals surface area contributed by atoms with Crippen molar-refractivity contribution in [2.75, 3.05) is 48.9 Å². The first kappa shape index (κ1) is 22.9. The van der Waals surface area contributed by atoms with Crippen molar-refractivity contribution in [3.05, 3.63) is 83.9 Å². The Labute approximate surface area is 206 Å². The number of rotatable bonds is 6. The van der Waals surface area contributed by atoms with E-state index in [-0.39, 0.29) is 11.9 Å². The van der Waals surface area contributed by atoms with Crippen molar-refractivity contribution in [2.24, 2.45) is 0 Å². The zero-order chi connectivity index (χ0) is 24.2. The van der Waals surface area contributed by atoms with Crippen LogP contribution in [0, 0.1) is 0 Å². The number of pyridine rings is 2. The second-order valence-electron chi connectivity index (χ2n) is 8.96. The lowest BCUT2D eigenvalue weighted by Gasteiger charge is -2.36. The molecule has 1 amide bonds. The molecule has 0 bridgehead atoms. The Kier molecular flexibility index (Phi) is 6.63. The van der Waals surface area contributed by atoms with Gasteiger partial charge in [-0.2, -0.15) is 0 Å². The summed E-state index contributed by atoms with van der Waals surface area (Å²) in [7, 11) is 2.15. The van der Waals surface area contributed by atoms with Gasteiger partial charge in [-0.25, -0.2) is 4.98 Å². The first-order chi connectivity index (χ1) is 17.1. The molecule has 2 aliphatic heterocycles. The third-order valence-electron chi connectivity index (χ3n) is 6.52. The van der Waals surface area contributed by atoms with Crippen LogP contribution in [0.1, 0.15) is 36.1 Å². The van der Waals surface area contributed by atoms with E-state index in [4.69, 9.17) is 4.98 Å². The third kappa shape index (κ3) is 5.12. The number of nitrogens with one attached hydrogen (secondary N) is 2. The normalized spacial score (nSPS) is 17.7. The maximum atomic E-state index is 12.0. The van der Waals surface area contributed by atoms with E-state index in [0.717, 1.165) is 60.1 Å². The molecule has 35 heavy (non-hydrogen) atoms. The van der Waals surface area contributed by atoms with Gasteiger partial charge in [0.2, 0.25) is 5.91 Å². The van der Waals surface area contributed by atoms with Gasteiger partial charge in [-0.05, 0) is 60.1 Å². The van der Waals surface area contributed by atoms with Gasteiger partial charge in [0.15, 0.2) is 0 Å². The zero-order valence-electron chi connectivity index (χ0n) is 20.2. The van der Waals surface area contributed by atoms with Crippen molar-refractivity contribution >= 4 is 29.2 Å². The van der Waals surface area contributed by atoms with Crippen LogP contribution in [-0.2, 0) is 4.79 Å². The summed E-state index contributed by atoms with van der Waals surface area (Å²) in [5, 5.41) is 5.05. The monoisotopic (exact) mass is 469 g/mol. The summed E-state index contributed by atoms with van der Waals surface area (Å²) in [6.45, 7) is 5.93. The molecule has 180 valence electrons. The number of piperazine rings is 1. The van der Waals surface area contributed by atoms with Gasteiger partial charge < -0.3 is 15.1 Å². The maximum absolute atomic E-state index is 12.0. The molecule has 8 heteroatoms. The van der Waals surface area contributed by atoms with Crippen molar-refractivity contribution in [2.45, 2.75) is 19.4 Å². The van der Waals surface area contributed by atoms with Gasteiger partial charge in [-0.1, -0.05) is 19.1 Å². The minimum absolute atomic E-state index is 0.00298. The lowest BCUT2D eigenvalue weighted by atomic mass is 9.93. The van der Waals surface area contributed by atoms with Crippen molar-refractivity contribution in [1.29, 1.82) is 0 Å². The minimum Gasteiger partial charge on any atom is -0.354 e. The Bertz CT molecular complexity index is 1200. The topological polar surface area (TPSA) is 76.6 Å². The van der Waals surface area contributed by atoms with Crippen LogP contribution < -0.4 is 15.6 Å². The molecule has 1 saturated heterocycles. The van der Waals surface area contributed by atoms with Crippen LogP contribution in [0.25, 0.3) is 6.08 Å². The van der Waals surface area contributed by atoms with Gasteiger partial charge in [0.25, 0.3) is 0 Å². The number of likely N-dealkylation sites (N-methyl/N-ethyl adjacent to an activating group) is 1. The summed E-state index contributed by atoms with van der Waals surface area (Å²) >= 11 is 0. The van der Waals surface area contributed by atoms with Crippen molar-refractivity contribution in [3.8, 4) is 0 Å². The lowest BCUT2D eigenvalue weighted by molar-refractivity contribution is -0.115. The smallest absolute Gasteiger partial charge is 0.224 e. The van der Waals surface area contributed by atoms with Gasteiger partial charge in [-0.3, -0.25) is 20.2 Å². The van der Waals surface area contributed by atoms with E-state index >= 15 is 0 Å². The number of hydrazine groups is 1. The van der Waals surface area contributed by atoms with Crippen molar-refractivity contribution in [3.63, 3.8) is 0 Å². The number of hydrogen-bond acceptors (Lipinski definition) is 7. The first-order valence-corrected chi connectivity index (χ1v) is 12.1. The molecule has 0 saturated carbocycles. The maximum Gasteiger partial charge on any atom is 0.224 e. The van der Waals surface area contributed by atoms with Crippen molar-refractivity contribution < 1.29 is 4.79 Å². The van der Waals surface area contributed by atoms with Crippen LogP contribution in [0.3, 0.4) is 0 Å². The Balaban J connectivity index is 1.40. The highest BCUT2D eigenvalue weighted by Gasteiger charge is 2.26. The molecule has 1 atom stereocenters. The number of hydrogen-bond donors (Lipinski definition) is 2. The number of amides is 1. The van der Waals surface area contributed by atoms with E-state index in [0.29, 0.717) is 6.42 Å². The van der Waals surface area contributed by atoms with Gasteiger partial charge in [-0.15, -0.1) is 0 Å². The number of anilines is 3. The Morgan fingerprint density at radius 1 is 1.06 bits per heavy atom. The quantitative estimate of drug-likeness (QED) is 0.566. The van der Waals surface area contributed by atoms with Gasteiger partial charge in [0, 0.05) is 56.9 Å². The highest BCUT2D eigenvalue weighted by atomic mass is 16.1. The van der Waals surface area contributed by atoms with Crippen LogP contribution >= 0.6 is 0 Å². The van der Waals surface area contributed by atoms with E-state index in [9.17, 15) is 4.79 Å². The summed E-state index contributed by atoms with van der Waals surface area (Å²) in [4.78, 5) is 25.7. The van der Waals surface area contributed by atoms with Crippen LogP contribution in [0.2, 0.25) is 0 Å². The molecule has 0 aliphatic carbocycles. The molecule has 2 aromatic heterocycles. The molecule has 8 nitrogen and oxygen atoms in total. The standard InChI is InChI=1S/C27H31N7O/c1-3-26(35)30-22-6-4-5-20(17-22)27-24-9-11-28-18-21(24)10-12-34(27)31-23-7-8-25(29-19-23)33-15-13-32(2)14-16-33/h4-12,17-19,27,31H,3,13-16H2,1-2H3,(H,30,35). The fourth-order valence-electron chi connectivity index (χ4n) is 4.50. The van der Waals surface area contributed by atoms with Crippen LogP contribution in [0.4, 0.5) is 17.2 Å². The number of aromatic nitrogens is 2. The number of carbonyl (C=O) groups is 1. The number of nitrogens with zero attached hydrogens (tertiary/aromatic N) is 5. The second-order valence-corrected chi connectivity index (χ2v) is 8.96. The summed E-state index contributed by atoms with van der Waals surface area (Å²) in [6.07, 6.45) is 10.1. The molecule has 2 aliphatic rings. The highest BCUT2D eigenvalue weighted by Crippen LogP contribution is 2.36. The summed E-state index contributed by atoms with van der Waals surface area (Å²) in [6, 6.07) is 14.1. The molecule has 5 rings (SSSR count). The molecular formula is C27H31N7O. The molecule has 4 heterocycles. The Hall–Kier alpha value is -3.91. The number of carbonyl (C=O) groups excluding carboxylic acids is 1. The summed E-state index contributed by atoms with van der Waals surface area (Å²) in [5.74, 6) is 1.00. The van der Waals surface area contributed by atoms with E-state index in [1.807, 2.05) is 56.0 Å². The molecule has 1 fully saturated rings. The van der Waals surface area contributed by atoms with E-state index in [1.165, 1.54) is 0 Å². The third-order valence-corrected chi connectivity index (χ3v) is 6.52. The predicted octanol–water partition coefficient (Wildman–Crippen LogP) is 3.98. The molecule has 0 radical (unpaired) electrons. The van der Waals surface area contributed by atoms with E-state index < -0.39 is 0 Å². The predicted molar refractivity (Wildman–Crippen MR) is 140 cm³/mol. The van der Waals surface area contributed by atoms with Crippen LogP contribution in [0.5, 0.6) is 0 Å². The highest BCUT2D eigenvalue weighted by molar-refractivity contribution is 5.90. The van der Waals surface area contributed by atoms with Crippen LogP contribution in [0.15, 0.2) is 67.3 Å². The first-order valence-electron chi connectivity index (χ1n) is 12.1.